The second-order valence-electron chi connectivity index (χ2n) is 2.97. The average Bonchev–Trinajstić information content (AvgIpc) is 2.28. The summed E-state index contributed by atoms with van der Waals surface area (Å²) in [7, 11) is -10.1. The average molecular weight is 244 g/mol. The fraction of sp³-hybridized carbons (Fsp3) is 0.750. The van der Waals surface area contributed by atoms with E-state index in [0.29, 0.717) is 0 Å². The number of nitrogens with zero attached hydrogens (tertiary/aromatic N) is 1. The monoisotopic (exact) mass is 244 g/mol. The second-order valence-corrected chi connectivity index (χ2v) is 6.97. The van der Waals surface area contributed by atoms with Gasteiger partial charge in [-0.15, -0.1) is 0 Å². The highest BCUT2D eigenvalue weighted by Gasteiger charge is 2.62. The molecule has 0 atom stereocenters. The minimum Gasteiger partial charge on any atom is -0.387 e. The molecule has 0 saturated carbocycles. The molecular weight excluding hydrogens is 234 g/mol. The van der Waals surface area contributed by atoms with Crippen LogP contribution in [0.2, 0.25) is 0 Å². The van der Waals surface area contributed by atoms with Gasteiger partial charge in [0.2, 0.25) is 0 Å². The molecule has 0 aromatic carbocycles. The Balaban J connectivity index is 3.34. The molecule has 0 spiro atoms. The number of hydrogen-bond donors (Lipinski definition) is 5. The molecule has 0 aromatic rings. The minimum absolute atomic E-state index is 0.0315. The van der Waals surface area contributed by atoms with Gasteiger partial charge in [-0.3, -0.25) is 9.13 Å². The molecule has 0 unspecified atom stereocenters. The van der Waals surface area contributed by atoms with Gasteiger partial charge < -0.3 is 25.3 Å². The third kappa shape index (κ3) is 1.65. The first-order chi connectivity index (χ1) is 6.10. The van der Waals surface area contributed by atoms with E-state index in [9.17, 15) is 9.13 Å². The molecule has 10 heteroatoms. The normalized spacial score (nSPS) is 22.1. The topological polar surface area (TPSA) is 153 Å². The summed E-state index contributed by atoms with van der Waals surface area (Å²) >= 11 is 0. The molecule has 82 valence electrons. The van der Waals surface area contributed by atoms with Crippen LogP contribution < -0.4 is 5.73 Å². The summed E-state index contributed by atoms with van der Waals surface area (Å²) in [6.07, 6.45) is -0.469. The van der Waals surface area contributed by atoms with Crippen molar-refractivity contribution in [1.82, 2.24) is 0 Å². The van der Waals surface area contributed by atoms with E-state index in [1.807, 2.05) is 0 Å². The van der Waals surface area contributed by atoms with Crippen molar-refractivity contribution < 1.29 is 28.7 Å². The highest BCUT2D eigenvalue weighted by Crippen LogP contribution is 2.72. The molecule has 0 bridgehead atoms. The zero-order valence-electron chi connectivity index (χ0n) is 6.94. The summed E-state index contributed by atoms with van der Waals surface area (Å²) in [6, 6.07) is 0. The van der Waals surface area contributed by atoms with Crippen molar-refractivity contribution in [3.63, 3.8) is 0 Å². The first-order valence-electron chi connectivity index (χ1n) is 3.56. The van der Waals surface area contributed by atoms with Crippen LogP contribution in [0.4, 0.5) is 0 Å². The molecule has 0 aliphatic carbocycles. The fourth-order valence-electron chi connectivity index (χ4n) is 1.23. The predicted octanol–water partition coefficient (Wildman–Crippen LogP) is -0.853. The third-order valence-electron chi connectivity index (χ3n) is 1.97. The van der Waals surface area contributed by atoms with Crippen LogP contribution in [0, 0.1) is 0 Å². The van der Waals surface area contributed by atoms with Crippen molar-refractivity contribution in [3.05, 3.63) is 0 Å². The second kappa shape index (κ2) is 3.13. The number of nitrogens with two attached hydrogens (primary N) is 1. The summed E-state index contributed by atoms with van der Waals surface area (Å²) in [4.78, 5) is 38.7. The highest BCUT2D eigenvalue weighted by atomic mass is 31.2. The van der Waals surface area contributed by atoms with Crippen LogP contribution in [0.15, 0.2) is 4.99 Å². The highest BCUT2D eigenvalue weighted by molar-refractivity contribution is 7.72. The van der Waals surface area contributed by atoms with Crippen LogP contribution in [-0.2, 0) is 9.13 Å². The number of aliphatic imine (C=N–C) groups is 1. The molecule has 1 heterocycles. The van der Waals surface area contributed by atoms with E-state index >= 15 is 0 Å². The van der Waals surface area contributed by atoms with Crippen LogP contribution >= 0.6 is 15.2 Å². The van der Waals surface area contributed by atoms with Crippen molar-refractivity contribution in [1.29, 1.82) is 0 Å². The lowest BCUT2D eigenvalue weighted by atomic mass is 10.3. The number of rotatable bonds is 2. The van der Waals surface area contributed by atoms with Crippen LogP contribution in [0.1, 0.15) is 12.8 Å². The van der Waals surface area contributed by atoms with Gasteiger partial charge in [0.15, 0.2) is 0 Å². The Hall–Kier alpha value is -0.230. The lowest BCUT2D eigenvalue weighted by Crippen LogP contribution is -2.23. The SMILES string of the molecule is NC1=NC(P(=O)(O)O)(P(=O)(O)O)CC1. The summed E-state index contributed by atoms with van der Waals surface area (Å²) in [5.74, 6) is -0.156. The Morgan fingerprint density at radius 2 is 1.64 bits per heavy atom. The molecule has 8 nitrogen and oxygen atoms in total. The van der Waals surface area contributed by atoms with Gasteiger partial charge in [-0.05, 0) is 0 Å². The van der Waals surface area contributed by atoms with E-state index in [0.717, 1.165) is 0 Å². The molecule has 0 fully saturated rings. The zero-order valence-corrected chi connectivity index (χ0v) is 8.73. The van der Waals surface area contributed by atoms with Crippen molar-refractivity contribution in [2.24, 2.45) is 10.7 Å². The molecule has 14 heavy (non-hydrogen) atoms. The third-order valence-corrected chi connectivity index (χ3v) is 6.05. The van der Waals surface area contributed by atoms with Gasteiger partial charge in [-0.2, -0.15) is 0 Å². The lowest BCUT2D eigenvalue weighted by molar-refractivity contribution is 0.309. The maximum atomic E-state index is 11.0. The van der Waals surface area contributed by atoms with Gasteiger partial charge in [-0.1, -0.05) is 0 Å². The van der Waals surface area contributed by atoms with Gasteiger partial charge in [0, 0.05) is 12.8 Å². The van der Waals surface area contributed by atoms with Gasteiger partial charge in [0.1, 0.15) is 0 Å². The maximum Gasteiger partial charge on any atom is 0.365 e. The molecule has 6 N–H and O–H groups in total. The maximum absolute atomic E-state index is 11.0. The Kier molecular flexibility index (Phi) is 2.65. The summed E-state index contributed by atoms with van der Waals surface area (Å²) < 4.78 is 22.0. The molecule has 0 aromatic heterocycles. The van der Waals surface area contributed by atoms with Crippen molar-refractivity contribution in [2.75, 3.05) is 0 Å². The standard InChI is InChI=1S/C4H10N2O6P2/c5-3-1-2-4(6-3,13(7,8)9)14(10,11)12/h1-2H2,(H2,5,6)(H2,7,8,9)(H2,10,11,12). The Labute approximate surface area is 79.2 Å². The van der Waals surface area contributed by atoms with E-state index in [1.54, 1.807) is 0 Å². The van der Waals surface area contributed by atoms with Crippen molar-refractivity contribution in [3.8, 4) is 0 Å². The summed E-state index contributed by atoms with van der Waals surface area (Å²) in [5.41, 5.74) is 5.17. The van der Waals surface area contributed by atoms with Gasteiger partial charge in [0.25, 0.3) is 5.02 Å². The van der Waals surface area contributed by atoms with Gasteiger partial charge >= 0.3 is 15.2 Å². The summed E-state index contributed by atoms with van der Waals surface area (Å²) in [5, 5.41) is -2.66. The van der Waals surface area contributed by atoms with Crippen LogP contribution in [0.5, 0.6) is 0 Å². The first kappa shape index (κ1) is 11.8. The Bertz CT molecular complexity index is 344. The molecular formula is C4H10N2O6P2. The van der Waals surface area contributed by atoms with Gasteiger partial charge in [0.05, 0.1) is 5.84 Å². The zero-order chi connectivity index (χ0) is 11.2. The molecule has 0 amide bonds. The molecule has 1 aliphatic rings. The Morgan fingerprint density at radius 3 is 1.79 bits per heavy atom. The van der Waals surface area contributed by atoms with Crippen LogP contribution in [-0.4, -0.2) is 30.4 Å². The molecule has 1 rings (SSSR count). The molecule has 1 aliphatic heterocycles. The first-order valence-corrected chi connectivity index (χ1v) is 6.78. The van der Waals surface area contributed by atoms with Crippen molar-refractivity contribution >= 4 is 21.0 Å². The minimum atomic E-state index is -5.03. The fourth-order valence-corrected chi connectivity index (χ4v) is 3.91. The van der Waals surface area contributed by atoms with E-state index in [-0.39, 0.29) is 12.3 Å². The van der Waals surface area contributed by atoms with Crippen molar-refractivity contribution in [2.45, 2.75) is 17.9 Å². The van der Waals surface area contributed by atoms with E-state index in [1.165, 1.54) is 0 Å². The lowest BCUT2D eigenvalue weighted by Gasteiger charge is -2.26. The quantitative estimate of drug-likeness (QED) is 0.396. The number of hydrogen-bond acceptors (Lipinski definition) is 4. The number of amidine groups is 1. The van der Waals surface area contributed by atoms with E-state index in [4.69, 9.17) is 25.3 Å². The van der Waals surface area contributed by atoms with Gasteiger partial charge in [-0.25, -0.2) is 4.99 Å². The smallest absolute Gasteiger partial charge is 0.365 e. The molecule has 0 radical (unpaired) electrons. The van der Waals surface area contributed by atoms with E-state index in [2.05, 4.69) is 4.99 Å². The largest absolute Gasteiger partial charge is 0.387 e. The summed E-state index contributed by atoms with van der Waals surface area (Å²) in [6.45, 7) is 0. The van der Waals surface area contributed by atoms with E-state index < -0.39 is 26.6 Å². The van der Waals surface area contributed by atoms with Crippen LogP contribution in [0.25, 0.3) is 0 Å². The molecule has 0 saturated heterocycles. The predicted molar refractivity (Wildman–Crippen MR) is 47.7 cm³/mol. The van der Waals surface area contributed by atoms with Crippen LogP contribution in [0.3, 0.4) is 0 Å². The Morgan fingerprint density at radius 1 is 1.21 bits per heavy atom.